The standard InChI is InChI=1S/C16H19BrN4O/c1-11-10-12(2)21-16(20-11)19-9-3-8-18-15(22)13-4-6-14(17)7-5-13/h4-7,10H,3,8-9H2,1-2H3,(H,18,22)(H,19,20,21). The Morgan fingerprint density at radius 3 is 2.36 bits per heavy atom. The summed E-state index contributed by atoms with van der Waals surface area (Å²) in [6, 6.07) is 9.23. The van der Waals surface area contributed by atoms with Gasteiger partial charge in [0.2, 0.25) is 5.95 Å². The van der Waals surface area contributed by atoms with Crippen LogP contribution in [0.1, 0.15) is 28.2 Å². The van der Waals surface area contributed by atoms with Crippen molar-refractivity contribution >= 4 is 27.8 Å². The molecular formula is C16H19BrN4O. The van der Waals surface area contributed by atoms with Crippen molar-refractivity contribution < 1.29 is 4.79 Å². The van der Waals surface area contributed by atoms with Crippen LogP contribution in [0.3, 0.4) is 0 Å². The highest BCUT2D eigenvalue weighted by Gasteiger charge is 2.04. The minimum atomic E-state index is -0.0600. The van der Waals surface area contributed by atoms with Crippen LogP contribution in [0.25, 0.3) is 0 Å². The molecule has 0 bridgehead atoms. The number of hydrogen-bond acceptors (Lipinski definition) is 4. The van der Waals surface area contributed by atoms with Gasteiger partial charge in [0.05, 0.1) is 0 Å². The number of amides is 1. The Morgan fingerprint density at radius 2 is 1.73 bits per heavy atom. The van der Waals surface area contributed by atoms with Crippen molar-refractivity contribution in [2.75, 3.05) is 18.4 Å². The van der Waals surface area contributed by atoms with E-state index in [4.69, 9.17) is 0 Å². The average Bonchev–Trinajstić information content (AvgIpc) is 2.46. The van der Waals surface area contributed by atoms with Gasteiger partial charge in [-0.3, -0.25) is 4.79 Å². The van der Waals surface area contributed by atoms with Crippen LogP contribution in [0.5, 0.6) is 0 Å². The van der Waals surface area contributed by atoms with Crippen molar-refractivity contribution in [2.24, 2.45) is 0 Å². The zero-order chi connectivity index (χ0) is 15.9. The van der Waals surface area contributed by atoms with Gasteiger partial charge in [-0.05, 0) is 50.6 Å². The van der Waals surface area contributed by atoms with Crippen molar-refractivity contribution in [3.63, 3.8) is 0 Å². The van der Waals surface area contributed by atoms with Crippen molar-refractivity contribution in [3.8, 4) is 0 Å². The van der Waals surface area contributed by atoms with Crippen LogP contribution in [0, 0.1) is 13.8 Å². The number of rotatable bonds is 6. The molecule has 0 spiro atoms. The Bertz CT molecular complexity index is 623. The summed E-state index contributed by atoms with van der Waals surface area (Å²) in [6.07, 6.45) is 0.804. The Labute approximate surface area is 138 Å². The van der Waals surface area contributed by atoms with Crippen LogP contribution in [-0.4, -0.2) is 29.0 Å². The van der Waals surface area contributed by atoms with Gasteiger partial charge in [-0.25, -0.2) is 9.97 Å². The summed E-state index contributed by atoms with van der Waals surface area (Å²) in [5.74, 6) is 0.576. The van der Waals surface area contributed by atoms with Gasteiger partial charge in [-0.1, -0.05) is 15.9 Å². The monoisotopic (exact) mass is 362 g/mol. The molecule has 1 aromatic carbocycles. The molecule has 1 amide bonds. The van der Waals surface area contributed by atoms with Crippen molar-refractivity contribution in [1.82, 2.24) is 15.3 Å². The van der Waals surface area contributed by atoms with Gasteiger partial charge in [0.1, 0.15) is 0 Å². The molecule has 0 aliphatic carbocycles. The van der Waals surface area contributed by atoms with Crippen LogP contribution in [-0.2, 0) is 0 Å². The molecule has 0 fully saturated rings. The topological polar surface area (TPSA) is 66.9 Å². The van der Waals surface area contributed by atoms with E-state index in [0.717, 1.165) is 22.3 Å². The molecule has 0 aliphatic heterocycles. The minimum absolute atomic E-state index is 0.0600. The molecule has 5 nitrogen and oxygen atoms in total. The summed E-state index contributed by atoms with van der Waals surface area (Å²) in [5.41, 5.74) is 2.55. The number of carbonyl (C=O) groups excluding carboxylic acids is 1. The molecule has 0 unspecified atom stereocenters. The SMILES string of the molecule is Cc1cc(C)nc(NCCCNC(=O)c2ccc(Br)cc2)n1. The Kier molecular flexibility index (Phi) is 5.89. The summed E-state index contributed by atoms with van der Waals surface area (Å²) >= 11 is 3.35. The summed E-state index contributed by atoms with van der Waals surface area (Å²) in [4.78, 5) is 20.5. The molecule has 2 aromatic rings. The van der Waals surface area contributed by atoms with E-state index < -0.39 is 0 Å². The van der Waals surface area contributed by atoms with Crippen LogP contribution >= 0.6 is 15.9 Å². The van der Waals surface area contributed by atoms with Gasteiger partial charge in [0, 0.05) is 34.5 Å². The van der Waals surface area contributed by atoms with Gasteiger partial charge in [-0.2, -0.15) is 0 Å². The lowest BCUT2D eigenvalue weighted by Crippen LogP contribution is -2.25. The quantitative estimate of drug-likeness (QED) is 0.774. The Hall–Kier alpha value is -1.95. The molecule has 2 rings (SSSR count). The second-order valence-electron chi connectivity index (χ2n) is 5.02. The second-order valence-corrected chi connectivity index (χ2v) is 5.93. The number of nitrogens with zero attached hydrogens (tertiary/aromatic N) is 2. The maximum atomic E-state index is 11.9. The van der Waals surface area contributed by atoms with Gasteiger partial charge in [-0.15, -0.1) is 0 Å². The number of halogens is 1. The number of carbonyl (C=O) groups is 1. The second kappa shape index (κ2) is 7.89. The van der Waals surface area contributed by atoms with E-state index >= 15 is 0 Å². The normalized spacial score (nSPS) is 10.3. The third-order valence-electron chi connectivity index (χ3n) is 3.01. The predicted molar refractivity (Wildman–Crippen MR) is 91.1 cm³/mol. The van der Waals surface area contributed by atoms with Gasteiger partial charge < -0.3 is 10.6 Å². The first-order valence-corrected chi connectivity index (χ1v) is 7.94. The number of benzene rings is 1. The fourth-order valence-corrected chi connectivity index (χ4v) is 2.26. The molecule has 0 aliphatic rings. The molecule has 116 valence electrons. The lowest BCUT2D eigenvalue weighted by Gasteiger charge is -2.08. The highest BCUT2D eigenvalue weighted by molar-refractivity contribution is 9.10. The van der Waals surface area contributed by atoms with E-state index in [1.807, 2.05) is 32.0 Å². The summed E-state index contributed by atoms with van der Waals surface area (Å²) in [7, 11) is 0. The molecule has 2 N–H and O–H groups in total. The molecule has 6 heteroatoms. The number of nitrogens with one attached hydrogen (secondary N) is 2. The van der Waals surface area contributed by atoms with E-state index in [2.05, 4.69) is 36.5 Å². The zero-order valence-electron chi connectivity index (χ0n) is 12.7. The van der Waals surface area contributed by atoms with Crippen LogP contribution in [0.4, 0.5) is 5.95 Å². The Morgan fingerprint density at radius 1 is 1.09 bits per heavy atom. The molecule has 0 saturated heterocycles. The van der Waals surface area contributed by atoms with Gasteiger partial charge in [0.25, 0.3) is 5.91 Å². The lowest BCUT2D eigenvalue weighted by atomic mass is 10.2. The van der Waals surface area contributed by atoms with Crippen molar-refractivity contribution in [3.05, 3.63) is 51.8 Å². The molecular weight excluding hydrogens is 344 g/mol. The maximum absolute atomic E-state index is 11.9. The molecule has 1 aromatic heterocycles. The maximum Gasteiger partial charge on any atom is 0.251 e. The molecule has 0 saturated carbocycles. The van der Waals surface area contributed by atoms with E-state index in [9.17, 15) is 4.79 Å². The number of anilines is 1. The number of aromatic nitrogens is 2. The fraction of sp³-hybridized carbons (Fsp3) is 0.312. The number of hydrogen-bond donors (Lipinski definition) is 2. The Balaban J connectivity index is 1.71. The van der Waals surface area contributed by atoms with Gasteiger partial charge in [0.15, 0.2) is 0 Å². The number of aryl methyl sites for hydroxylation is 2. The van der Waals surface area contributed by atoms with Crippen LogP contribution in [0.2, 0.25) is 0 Å². The first-order valence-electron chi connectivity index (χ1n) is 7.14. The third-order valence-corrected chi connectivity index (χ3v) is 3.54. The fourth-order valence-electron chi connectivity index (χ4n) is 2.00. The first-order chi connectivity index (χ1) is 10.5. The molecule has 0 atom stereocenters. The molecule has 0 radical (unpaired) electrons. The van der Waals surface area contributed by atoms with Crippen molar-refractivity contribution in [2.45, 2.75) is 20.3 Å². The van der Waals surface area contributed by atoms with E-state index in [1.54, 1.807) is 12.1 Å². The van der Waals surface area contributed by atoms with Crippen LogP contribution < -0.4 is 10.6 Å². The zero-order valence-corrected chi connectivity index (χ0v) is 14.3. The third kappa shape index (κ3) is 5.11. The van der Waals surface area contributed by atoms with E-state index in [-0.39, 0.29) is 5.91 Å². The van der Waals surface area contributed by atoms with E-state index in [0.29, 0.717) is 24.6 Å². The predicted octanol–water partition coefficient (Wildman–Crippen LogP) is 3.09. The smallest absolute Gasteiger partial charge is 0.251 e. The summed E-state index contributed by atoms with van der Waals surface area (Å²) in [6.45, 7) is 5.20. The highest BCUT2D eigenvalue weighted by atomic mass is 79.9. The molecule has 1 heterocycles. The van der Waals surface area contributed by atoms with E-state index in [1.165, 1.54) is 0 Å². The molecule has 22 heavy (non-hydrogen) atoms. The largest absolute Gasteiger partial charge is 0.354 e. The van der Waals surface area contributed by atoms with Crippen LogP contribution in [0.15, 0.2) is 34.8 Å². The van der Waals surface area contributed by atoms with Crippen molar-refractivity contribution in [1.29, 1.82) is 0 Å². The van der Waals surface area contributed by atoms with Gasteiger partial charge >= 0.3 is 0 Å². The summed E-state index contributed by atoms with van der Waals surface area (Å²) in [5, 5.41) is 6.06. The highest BCUT2D eigenvalue weighted by Crippen LogP contribution is 2.10. The average molecular weight is 363 g/mol. The lowest BCUT2D eigenvalue weighted by molar-refractivity contribution is 0.0953. The summed E-state index contributed by atoms with van der Waals surface area (Å²) < 4.78 is 0.960. The first kappa shape index (κ1) is 16.4. The minimum Gasteiger partial charge on any atom is -0.354 e.